The lowest BCUT2D eigenvalue weighted by Gasteiger charge is -2.13. The Balaban J connectivity index is 1.60. The fraction of sp³-hybridized carbons (Fsp3) is 0.538. The average Bonchev–Trinajstić information content (AvgIpc) is 3.12. The van der Waals surface area contributed by atoms with E-state index in [1.807, 2.05) is 0 Å². The van der Waals surface area contributed by atoms with Gasteiger partial charge in [0.15, 0.2) is 0 Å². The minimum absolute atomic E-state index is 0.305. The summed E-state index contributed by atoms with van der Waals surface area (Å²) in [6.07, 6.45) is 2.18. The standard InChI is InChI=1S/C13H18ClNO2/c14-11-3-5-13(6-4-11)17-9-12(16)8-15-7-10-1-2-10/h3-6,10,12,15-16H,1-2,7-9H2. The second-order valence-electron chi connectivity index (χ2n) is 4.52. The van der Waals surface area contributed by atoms with Crippen molar-refractivity contribution in [1.29, 1.82) is 0 Å². The first kappa shape index (κ1) is 12.7. The highest BCUT2D eigenvalue weighted by molar-refractivity contribution is 6.30. The van der Waals surface area contributed by atoms with E-state index in [0.29, 0.717) is 18.2 Å². The molecule has 0 radical (unpaired) electrons. The summed E-state index contributed by atoms with van der Waals surface area (Å²) in [6.45, 7) is 1.90. The van der Waals surface area contributed by atoms with Crippen LogP contribution >= 0.6 is 11.6 Å². The Morgan fingerprint density at radius 1 is 1.35 bits per heavy atom. The first-order valence-corrected chi connectivity index (χ1v) is 6.39. The number of nitrogens with one attached hydrogen (secondary N) is 1. The molecular formula is C13H18ClNO2. The lowest BCUT2D eigenvalue weighted by Crippen LogP contribution is -2.32. The van der Waals surface area contributed by atoms with Crippen LogP contribution < -0.4 is 10.1 Å². The molecule has 1 saturated carbocycles. The third-order valence-corrected chi connectivity index (χ3v) is 3.02. The summed E-state index contributed by atoms with van der Waals surface area (Å²) in [6, 6.07) is 7.14. The van der Waals surface area contributed by atoms with Crippen molar-refractivity contribution in [2.45, 2.75) is 18.9 Å². The van der Waals surface area contributed by atoms with Gasteiger partial charge in [-0.05, 0) is 49.6 Å². The fourth-order valence-corrected chi connectivity index (χ4v) is 1.68. The molecule has 0 heterocycles. The topological polar surface area (TPSA) is 41.5 Å². The van der Waals surface area contributed by atoms with Gasteiger partial charge >= 0.3 is 0 Å². The smallest absolute Gasteiger partial charge is 0.119 e. The monoisotopic (exact) mass is 255 g/mol. The van der Waals surface area contributed by atoms with Gasteiger partial charge in [0.25, 0.3) is 0 Å². The summed E-state index contributed by atoms with van der Waals surface area (Å²) in [5, 5.41) is 13.6. The Kier molecular flexibility index (Phi) is 4.66. The normalized spacial score (nSPS) is 16.8. The summed E-state index contributed by atoms with van der Waals surface area (Å²) in [4.78, 5) is 0. The molecule has 17 heavy (non-hydrogen) atoms. The van der Waals surface area contributed by atoms with Crippen molar-refractivity contribution in [3.63, 3.8) is 0 Å². The second-order valence-corrected chi connectivity index (χ2v) is 4.96. The third kappa shape index (κ3) is 4.94. The number of hydrogen-bond acceptors (Lipinski definition) is 3. The van der Waals surface area contributed by atoms with Crippen LogP contribution in [-0.2, 0) is 0 Å². The van der Waals surface area contributed by atoms with E-state index in [0.717, 1.165) is 18.2 Å². The number of aliphatic hydroxyl groups excluding tert-OH is 1. The van der Waals surface area contributed by atoms with Gasteiger partial charge in [-0.3, -0.25) is 0 Å². The van der Waals surface area contributed by atoms with Crippen LogP contribution in [-0.4, -0.2) is 30.9 Å². The van der Waals surface area contributed by atoms with Crippen molar-refractivity contribution in [1.82, 2.24) is 5.32 Å². The SMILES string of the molecule is OC(CNCC1CC1)COc1ccc(Cl)cc1. The fourth-order valence-electron chi connectivity index (χ4n) is 1.56. The van der Waals surface area contributed by atoms with E-state index in [1.54, 1.807) is 24.3 Å². The van der Waals surface area contributed by atoms with Crippen molar-refractivity contribution in [2.75, 3.05) is 19.7 Å². The summed E-state index contributed by atoms with van der Waals surface area (Å²) in [5.74, 6) is 1.56. The molecule has 1 aromatic rings. The molecule has 2 rings (SSSR count). The maximum Gasteiger partial charge on any atom is 0.119 e. The quantitative estimate of drug-likeness (QED) is 0.784. The molecule has 0 saturated heterocycles. The zero-order valence-corrected chi connectivity index (χ0v) is 10.5. The Hall–Kier alpha value is -0.770. The molecule has 3 nitrogen and oxygen atoms in total. The minimum Gasteiger partial charge on any atom is -0.491 e. The number of hydrogen-bond donors (Lipinski definition) is 2. The van der Waals surface area contributed by atoms with E-state index < -0.39 is 6.10 Å². The molecule has 1 aliphatic carbocycles. The Morgan fingerprint density at radius 2 is 2.06 bits per heavy atom. The molecule has 94 valence electrons. The summed E-state index contributed by atoms with van der Waals surface area (Å²) in [7, 11) is 0. The molecule has 0 spiro atoms. The molecule has 0 bridgehead atoms. The molecule has 2 N–H and O–H groups in total. The van der Waals surface area contributed by atoms with Gasteiger partial charge < -0.3 is 15.2 Å². The maximum absolute atomic E-state index is 9.68. The minimum atomic E-state index is -0.468. The highest BCUT2D eigenvalue weighted by atomic mass is 35.5. The molecule has 0 aliphatic heterocycles. The maximum atomic E-state index is 9.68. The van der Waals surface area contributed by atoms with Gasteiger partial charge in [-0.2, -0.15) is 0 Å². The zero-order valence-electron chi connectivity index (χ0n) is 9.73. The molecule has 4 heteroatoms. The number of aliphatic hydroxyl groups is 1. The Bertz CT molecular complexity index is 338. The van der Waals surface area contributed by atoms with E-state index in [4.69, 9.17) is 16.3 Å². The van der Waals surface area contributed by atoms with Gasteiger partial charge in [-0.25, -0.2) is 0 Å². The van der Waals surface area contributed by atoms with E-state index in [-0.39, 0.29) is 0 Å². The van der Waals surface area contributed by atoms with Crippen molar-refractivity contribution < 1.29 is 9.84 Å². The lowest BCUT2D eigenvalue weighted by molar-refractivity contribution is 0.106. The number of halogens is 1. The zero-order chi connectivity index (χ0) is 12.1. The van der Waals surface area contributed by atoms with Gasteiger partial charge in [0.2, 0.25) is 0 Å². The van der Waals surface area contributed by atoms with Crippen molar-refractivity contribution in [3.8, 4) is 5.75 Å². The largest absolute Gasteiger partial charge is 0.491 e. The van der Waals surface area contributed by atoms with Gasteiger partial charge in [0.05, 0.1) is 0 Å². The van der Waals surface area contributed by atoms with Crippen LogP contribution in [0.25, 0.3) is 0 Å². The van der Waals surface area contributed by atoms with Gasteiger partial charge in [0, 0.05) is 11.6 Å². The summed E-state index contributed by atoms with van der Waals surface area (Å²) in [5.41, 5.74) is 0. The Labute approximate surface area is 107 Å². The molecule has 1 atom stereocenters. The van der Waals surface area contributed by atoms with Crippen molar-refractivity contribution >= 4 is 11.6 Å². The second kappa shape index (κ2) is 6.24. The first-order valence-electron chi connectivity index (χ1n) is 6.01. The summed E-state index contributed by atoms with van der Waals surface area (Å²) < 4.78 is 5.45. The van der Waals surface area contributed by atoms with Crippen molar-refractivity contribution in [3.05, 3.63) is 29.3 Å². The van der Waals surface area contributed by atoms with Gasteiger partial charge in [-0.15, -0.1) is 0 Å². The van der Waals surface area contributed by atoms with Gasteiger partial charge in [0.1, 0.15) is 18.5 Å². The van der Waals surface area contributed by atoms with Crippen LogP contribution in [0.1, 0.15) is 12.8 Å². The van der Waals surface area contributed by atoms with Crippen LogP contribution in [0.5, 0.6) is 5.75 Å². The highest BCUT2D eigenvalue weighted by Crippen LogP contribution is 2.27. The van der Waals surface area contributed by atoms with E-state index >= 15 is 0 Å². The molecule has 1 unspecified atom stereocenters. The predicted molar refractivity (Wildman–Crippen MR) is 68.5 cm³/mol. The number of rotatable bonds is 7. The number of ether oxygens (including phenoxy) is 1. The van der Waals surface area contributed by atoms with Crippen LogP contribution in [0.3, 0.4) is 0 Å². The van der Waals surface area contributed by atoms with Crippen LogP contribution in [0.2, 0.25) is 5.02 Å². The molecule has 1 aromatic carbocycles. The van der Waals surface area contributed by atoms with E-state index in [2.05, 4.69) is 5.32 Å². The number of benzene rings is 1. The molecule has 1 aliphatic rings. The summed E-state index contributed by atoms with van der Waals surface area (Å²) >= 11 is 5.76. The van der Waals surface area contributed by atoms with E-state index in [9.17, 15) is 5.11 Å². The first-order chi connectivity index (χ1) is 8.24. The molecule has 1 fully saturated rings. The third-order valence-electron chi connectivity index (χ3n) is 2.77. The average molecular weight is 256 g/mol. The molecular weight excluding hydrogens is 238 g/mol. The molecule has 0 amide bonds. The van der Waals surface area contributed by atoms with Crippen LogP contribution in [0, 0.1) is 5.92 Å². The van der Waals surface area contributed by atoms with E-state index in [1.165, 1.54) is 12.8 Å². The predicted octanol–water partition coefficient (Wildman–Crippen LogP) is 2.08. The van der Waals surface area contributed by atoms with Crippen molar-refractivity contribution in [2.24, 2.45) is 5.92 Å². The van der Waals surface area contributed by atoms with Gasteiger partial charge in [-0.1, -0.05) is 11.6 Å². The van der Waals surface area contributed by atoms with Crippen LogP contribution in [0.4, 0.5) is 0 Å². The highest BCUT2D eigenvalue weighted by Gasteiger charge is 2.20. The molecule has 0 aromatic heterocycles. The van der Waals surface area contributed by atoms with Crippen LogP contribution in [0.15, 0.2) is 24.3 Å². The lowest BCUT2D eigenvalue weighted by atomic mass is 10.3. The Morgan fingerprint density at radius 3 is 2.71 bits per heavy atom.